The Morgan fingerprint density at radius 1 is 1.25 bits per heavy atom. The zero-order chi connectivity index (χ0) is 14.6. The molecule has 0 bridgehead atoms. The van der Waals surface area contributed by atoms with E-state index in [2.05, 4.69) is 14.9 Å². The Kier molecular flexibility index (Phi) is 4.91. The summed E-state index contributed by atoms with van der Waals surface area (Å²) in [7, 11) is 3.83. The van der Waals surface area contributed by atoms with Gasteiger partial charge in [-0.05, 0) is 25.8 Å². The number of aromatic nitrogens is 2. The van der Waals surface area contributed by atoms with Crippen molar-refractivity contribution in [2.45, 2.75) is 31.4 Å². The first-order valence-electron chi connectivity index (χ1n) is 7.06. The van der Waals surface area contributed by atoms with E-state index in [4.69, 9.17) is 0 Å². The molecule has 0 amide bonds. The minimum atomic E-state index is -0.903. The molecule has 2 heterocycles. The summed E-state index contributed by atoms with van der Waals surface area (Å²) in [6.07, 6.45) is 5.88. The number of aliphatic hydroxyl groups is 2. The van der Waals surface area contributed by atoms with E-state index in [1.807, 2.05) is 31.4 Å². The van der Waals surface area contributed by atoms with Crippen LogP contribution in [0.5, 0.6) is 0 Å². The lowest BCUT2D eigenvalue weighted by Crippen LogP contribution is -2.34. The highest BCUT2D eigenvalue weighted by Crippen LogP contribution is 2.22. The summed E-state index contributed by atoms with van der Waals surface area (Å²) in [5.74, 6) is 0.708. The predicted molar refractivity (Wildman–Crippen MR) is 77.5 cm³/mol. The second-order valence-electron chi connectivity index (χ2n) is 5.80. The Balaban J connectivity index is 1.93. The first-order chi connectivity index (χ1) is 9.52. The third-order valence-corrected chi connectivity index (χ3v) is 3.80. The van der Waals surface area contributed by atoms with E-state index in [1.54, 1.807) is 0 Å². The molecule has 1 unspecified atom stereocenters. The molecule has 0 saturated carbocycles. The van der Waals surface area contributed by atoms with Crippen LogP contribution in [0.3, 0.4) is 0 Å². The number of aliphatic hydroxyl groups excluding tert-OH is 1. The Morgan fingerprint density at radius 2 is 1.95 bits per heavy atom. The molecular formula is C14H24N4O2. The van der Waals surface area contributed by atoms with Crippen molar-refractivity contribution in [1.82, 2.24) is 14.9 Å². The van der Waals surface area contributed by atoms with E-state index in [0.717, 1.165) is 31.6 Å². The SMILES string of the molecule is CN(C)c1ncc(CN2CCCC(O)(CO)CC2)cn1. The van der Waals surface area contributed by atoms with Gasteiger partial charge in [0, 0.05) is 45.1 Å². The van der Waals surface area contributed by atoms with Crippen molar-refractivity contribution in [2.24, 2.45) is 0 Å². The lowest BCUT2D eigenvalue weighted by atomic mass is 9.96. The second kappa shape index (κ2) is 6.47. The van der Waals surface area contributed by atoms with Crippen molar-refractivity contribution < 1.29 is 10.2 Å². The summed E-state index contributed by atoms with van der Waals surface area (Å²) >= 11 is 0. The second-order valence-corrected chi connectivity index (χ2v) is 5.80. The van der Waals surface area contributed by atoms with Crippen LogP contribution in [0.1, 0.15) is 24.8 Å². The molecule has 6 nitrogen and oxygen atoms in total. The third-order valence-electron chi connectivity index (χ3n) is 3.80. The third kappa shape index (κ3) is 3.88. The maximum Gasteiger partial charge on any atom is 0.224 e. The highest BCUT2D eigenvalue weighted by Gasteiger charge is 2.29. The standard InChI is InChI=1S/C14H24N4O2/c1-17(2)13-15-8-12(9-16-13)10-18-6-3-4-14(20,11-19)5-7-18/h8-9,19-20H,3-7,10-11H2,1-2H3. The molecule has 20 heavy (non-hydrogen) atoms. The Hall–Kier alpha value is -1.24. The normalized spacial score (nSPS) is 24.4. The van der Waals surface area contributed by atoms with Crippen LogP contribution in [0, 0.1) is 0 Å². The van der Waals surface area contributed by atoms with Crippen LogP contribution >= 0.6 is 0 Å². The molecule has 1 aliphatic rings. The molecule has 112 valence electrons. The van der Waals surface area contributed by atoms with Crippen LogP contribution in [0.25, 0.3) is 0 Å². The van der Waals surface area contributed by atoms with Gasteiger partial charge in [-0.2, -0.15) is 0 Å². The Bertz CT molecular complexity index is 424. The van der Waals surface area contributed by atoms with Gasteiger partial charge >= 0.3 is 0 Å². The lowest BCUT2D eigenvalue weighted by Gasteiger charge is -2.24. The molecule has 6 heteroatoms. The number of likely N-dealkylation sites (tertiary alicyclic amines) is 1. The van der Waals surface area contributed by atoms with Gasteiger partial charge in [-0.1, -0.05) is 0 Å². The average Bonchev–Trinajstić information content (AvgIpc) is 2.63. The minimum Gasteiger partial charge on any atom is -0.393 e. The van der Waals surface area contributed by atoms with E-state index in [-0.39, 0.29) is 6.61 Å². The van der Waals surface area contributed by atoms with Crippen LogP contribution < -0.4 is 4.90 Å². The maximum absolute atomic E-state index is 10.1. The molecule has 1 aliphatic heterocycles. The van der Waals surface area contributed by atoms with Gasteiger partial charge in [0.25, 0.3) is 0 Å². The summed E-state index contributed by atoms with van der Waals surface area (Å²) < 4.78 is 0. The molecule has 1 fully saturated rings. The van der Waals surface area contributed by atoms with Crippen molar-refractivity contribution in [1.29, 1.82) is 0 Å². The van der Waals surface area contributed by atoms with E-state index in [1.165, 1.54) is 0 Å². The quantitative estimate of drug-likeness (QED) is 0.824. The Labute approximate surface area is 120 Å². The monoisotopic (exact) mass is 280 g/mol. The molecule has 1 saturated heterocycles. The van der Waals surface area contributed by atoms with E-state index < -0.39 is 5.60 Å². The van der Waals surface area contributed by atoms with Gasteiger partial charge in [-0.3, -0.25) is 4.90 Å². The van der Waals surface area contributed by atoms with Crippen LogP contribution in [0.15, 0.2) is 12.4 Å². The summed E-state index contributed by atoms with van der Waals surface area (Å²) in [4.78, 5) is 12.8. The van der Waals surface area contributed by atoms with E-state index in [0.29, 0.717) is 18.8 Å². The fourth-order valence-corrected chi connectivity index (χ4v) is 2.47. The van der Waals surface area contributed by atoms with Crippen molar-refractivity contribution in [3.63, 3.8) is 0 Å². The summed E-state index contributed by atoms with van der Waals surface area (Å²) in [6, 6.07) is 0. The first-order valence-corrected chi connectivity index (χ1v) is 7.06. The number of hydrogen-bond donors (Lipinski definition) is 2. The van der Waals surface area contributed by atoms with Crippen molar-refractivity contribution in [2.75, 3.05) is 38.7 Å². The van der Waals surface area contributed by atoms with Crippen molar-refractivity contribution in [3.05, 3.63) is 18.0 Å². The largest absolute Gasteiger partial charge is 0.393 e. The number of anilines is 1. The summed E-state index contributed by atoms with van der Waals surface area (Å²) in [5.41, 5.74) is 0.171. The summed E-state index contributed by atoms with van der Waals surface area (Å²) in [6.45, 7) is 2.35. The van der Waals surface area contributed by atoms with Crippen LogP contribution in [0.2, 0.25) is 0 Å². The minimum absolute atomic E-state index is 0.151. The summed E-state index contributed by atoms with van der Waals surface area (Å²) in [5, 5.41) is 19.4. The van der Waals surface area contributed by atoms with Gasteiger partial charge < -0.3 is 15.1 Å². The Morgan fingerprint density at radius 3 is 2.55 bits per heavy atom. The van der Waals surface area contributed by atoms with Gasteiger partial charge in [0.05, 0.1) is 12.2 Å². The topological polar surface area (TPSA) is 72.7 Å². The molecule has 0 aromatic carbocycles. The molecule has 2 rings (SSSR count). The molecule has 2 N–H and O–H groups in total. The van der Waals surface area contributed by atoms with Gasteiger partial charge in [-0.25, -0.2) is 9.97 Å². The van der Waals surface area contributed by atoms with Gasteiger partial charge in [-0.15, -0.1) is 0 Å². The van der Waals surface area contributed by atoms with Crippen molar-refractivity contribution in [3.8, 4) is 0 Å². The fraction of sp³-hybridized carbons (Fsp3) is 0.714. The smallest absolute Gasteiger partial charge is 0.224 e. The highest BCUT2D eigenvalue weighted by atomic mass is 16.3. The number of rotatable bonds is 4. The van der Waals surface area contributed by atoms with Gasteiger partial charge in [0.2, 0.25) is 5.95 Å². The van der Waals surface area contributed by atoms with Crippen LogP contribution in [-0.2, 0) is 6.54 Å². The van der Waals surface area contributed by atoms with Gasteiger partial charge in [0.15, 0.2) is 0 Å². The zero-order valence-corrected chi connectivity index (χ0v) is 12.3. The fourth-order valence-electron chi connectivity index (χ4n) is 2.47. The molecule has 1 aromatic rings. The molecule has 1 atom stereocenters. The van der Waals surface area contributed by atoms with Crippen LogP contribution in [-0.4, -0.2) is 64.5 Å². The predicted octanol–water partition coefficient (Wildman–Crippen LogP) is 0.252. The van der Waals surface area contributed by atoms with E-state index in [9.17, 15) is 10.2 Å². The van der Waals surface area contributed by atoms with Crippen LogP contribution in [0.4, 0.5) is 5.95 Å². The zero-order valence-electron chi connectivity index (χ0n) is 12.3. The molecular weight excluding hydrogens is 256 g/mol. The molecule has 0 spiro atoms. The van der Waals surface area contributed by atoms with Gasteiger partial charge in [0.1, 0.15) is 0 Å². The highest BCUT2D eigenvalue weighted by molar-refractivity contribution is 5.26. The molecule has 0 radical (unpaired) electrons. The first kappa shape index (κ1) is 15.2. The number of nitrogens with zero attached hydrogens (tertiary/aromatic N) is 4. The van der Waals surface area contributed by atoms with E-state index >= 15 is 0 Å². The average molecular weight is 280 g/mol. The molecule has 1 aromatic heterocycles. The maximum atomic E-state index is 10.1. The lowest BCUT2D eigenvalue weighted by molar-refractivity contribution is -0.0255. The molecule has 0 aliphatic carbocycles. The van der Waals surface area contributed by atoms with Crippen molar-refractivity contribution >= 4 is 5.95 Å². The number of hydrogen-bond acceptors (Lipinski definition) is 6.